The smallest absolute Gasteiger partial charge is 0.121 e. The second kappa shape index (κ2) is 8.78. The monoisotopic (exact) mass is 317 g/mol. The Morgan fingerprint density at radius 3 is 2.04 bits per heavy atom. The zero-order valence-electron chi connectivity index (χ0n) is 13.8. The SMILES string of the molecule is c1ccc(CCNc2cccc(OCCc3ccccc3)c2)cc1. The molecule has 0 bridgehead atoms. The fraction of sp³-hybridized carbons (Fsp3) is 0.182. The normalized spacial score (nSPS) is 10.3. The van der Waals surface area contributed by atoms with Crippen molar-refractivity contribution in [2.24, 2.45) is 0 Å². The van der Waals surface area contributed by atoms with Crippen molar-refractivity contribution >= 4 is 5.69 Å². The molecule has 122 valence electrons. The van der Waals surface area contributed by atoms with Gasteiger partial charge in [-0.1, -0.05) is 66.7 Å². The summed E-state index contributed by atoms with van der Waals surface area (Å²) in [5, 5.41) is 3.46. The molecule has 2 nitrogen and oxygen atoms in total. The molecule has 0 aliphatic heterocycles. The summed E-state index contributed by atoms with van der Waals surface area (Å²) in [6.45, 7) is 1.61. The molecular weight excluding hydrogens is 294 g/mol. The van der Waals surface area contributed by atoms with Crippen molar-refractivity contribution in [1.29, 1.82) is 0 Å². The minimum atomic E-state index is 0.692. The van der Waals surface area contributed by atoms with E-state index in [0.29, 0.717) is 6.61 Å². The number of ether oxygens (including phenoxy) is 1. The zero-order chi connectivity index (χ0) is 16.5. The third-order valence-corrected chi connectivity index (χ3v) is 3.92. The third kappa shape index (κ3) is 5.17. The largest absolute Gasteiger partial charge is 0.493 e. The first-order chi connectivity index (χ1) is 11.9. The van der Waals surface area contributed by atoms with Crippen LogP contribution in [0.3, 0.4) is 0 Å². The molecule has 0 aliphatic carbocycles. The van der Waals surface area contributed by atoms with Gasteiger partial charge in [0.05, 0.1) is 6.61 Å². The van der Waals surface area contributed by atoms with Crippen LogP contribution >= 0.6 is 0 Å². The van der Waals surface area contributed by atoms with Crippen molar-refractivity contribution in [2.75, 3.05) is 18.5 Å². The maximum absolute atomic E-state index is 5.88. The minimum Gasteiger partial charge on any atom is -0.493 e. The first kappa shape index (κ1) is 16.1. The lowest BCUT2D eigenvalue weighted by molar-refractivity contribution is 0.322. The Labute approximate surface area is 144 Å². The Balaban J connectivity index is 1.45. The van der Waals surface area contributed by atoms with Crippen LogP contribution in [0.25, 0.3) is 0 Å². The maximum atomic E-state index is 5.88. The van der Waals surface area contributed by atoms with Gasteiger partial charge in [-0.3, -0.25) is 0 Å². The average molecular weight is 317 g/mol. The molecular formula is C22H23NO. The highest BCUT2D eigenvalue weighted by atomic mass is 16.5. The lowest BCUT2D eigenvalue weighted by Gasteiger charge is -2.10. The number of rotatable bonds is 8. The molecule has 0 radical (unpaired) electrons. The molecule has 0 amide bonds. The molecule has 2 heteroatoms. The summed E-state index contributed by atoms with van der Waals surface area (Å²) in [6.07, 6.45) is 1.94. The molecule has 24 heavy (non-hydrogen) atoms. The van der Waals surface area contributed by atoms with Crippen LogP contribution in [0, 0.1) is 0 Å². The summed E-state index contributed by atoms with van der Waals surface area (Å²) >= 11 is 0. The van der Waals surface area contributed by atoms with Crippen LogP contribution in [0.5, 0.6) is 5.75 Å². The highest BCUT2D eigenvalue weighted by molar-refractivity contribution is 5.48. The van der Waals surface area contributed by atoms with Gasteiger partial charge in [-0.25, -0.2) is 0 Å². The molecule has 0 fully saturated rings. The van der Waals surface area contributed by atoms with E-state index in [0.717, 1.165) is 30.8 Å². The number of nitrogens with one attached hydrogen (secondary N) is 1. The zero-order valence-corrected chi connectivity index (χ0v) is 13.8. The van der Waals surface area contributed by atoms with Gasteiger partial charge in [0, 0.05) is 24.7 Å². The van der Waals surface area contributed by atoms with Gasteiger partial charge in [0.1, 0.15) is 5.75 Å². The lowest BCUT2D eigenvalue weighted by atomic mass is 10.1. The molecule has 3 aromatic carbocycles. The van der Waals surface area contributed by atoms with E-state index in [2.05, 4.69) is 66.0 Å². The number of hydrogen-bond acceptors (Lipinski definition) is 2. The van der Waals surface area contributed by atoms with E-state index in [9.17, 15) is 0 Å². The van der Waals surface area contributed by atoms with Crippen LogP contribution in [-0.2, 0) is 12.8 Å². The molecule has 0 atom stereocenters. The summed E-state index contributed by atoms with van der Waals surface area (Å²) < 4.78 is 5.88. The van der Waals surface area contributed by atoms with Gasteiger partial charge in [0.15, 0.2) is 0 Å². The van der Waals surface area contributed by atoms with Crippen molar-refractivity contribution < 1.29 is 4.74 Å². The number of hydrogen-bond donors (Lipinski definition) is 1. The molecule has 1 N–H and O–H groups in total. The molecule has 0 aliphatic rings. The summed E-state index contributed by atoms with van der Waals surface area (Å²) in [6, 6.07) is 29.1. The molecule has 0 aromatic heterocycles. The predicted molar refractivity (Wildman–Crippen MR) is 101 cm³/mol. The Morgan fingerprint density at radius 1 is 0.667 bits per heavy atom. The lowest BCUT2D eigenvalue weighted by Crippen LogP contribution is -2.05. The quantitative estimate of drug-likeness (QED) is 0.634. The first-order valence-corrected chi connectivity index (χ1v) is 8.45. The van der Waals surface area contributed by atoms with E-state index < -0.39 is 0 Å². The molecule has 0 unspecified atom stereocenters. The molecule has 3 rings (SSSR count). The molecule has 0 heterocycles. The van der Waals surface area contributed by atoms with Gasteiger partial charge in [0.2, 0.25) is 0 Å². The summed E-state index contributed by atoms with van der Waals surface area (Å²) in [5.74, 6) is 0.913. The molecule has 3 aromatic rings. The topological polar surface area (TPSA) is 21.3 Å². The number of anilines is 1. The first-order valence-electron chi connectivity index (χ1n) is 8.45. The van der Waals surface area contributed by atoms with Crippen molar-refractivity contribution in [3.63, 3.8) is 0 Å². The van der Waals surface area contributed by atoms with Crippen molar-refractivity contribution in [3.8, 4) is 5.75 Å². The van der Waals surface area contributed by atoms with Gasteiger partial charge in [-0.05, 0) is 29.7 Å². The van der Waals surface area contributed by atoms with Crippen LogP contribution in [0.2, 0.25) is 0 Å². The van der Waals surface area contributed by atoms with Gasteiger partial charge < -0.3 is 10.1 Å². The van der Waals surface area contributed by atoms with E-state index in [-0.39, 0.29) is 0 Å². The summed E-state index contributed by atoms with van der Waals surface area (Å²) in [4.78, 5) is 0. The second-order valence-electron chi connectivity index (χ2n) is 5.77. The van der Waals surface area contributed by atoms with E-state index in [1.807, 2.05) is 24.3 Å². The Kier molecular flexibility index (Phi) is 5.90. The van der Waals surface area contributed by atoms with Crippen molar-refractivity contribution in [1.82, 2.24) is 0 Å². The third-order valence-electron chi connectivity index (χ3n) is 3.92. The number of benzene rings is 3. The highest BCUT2D eigenvalue weighted by Crippen LogP contribution is 2.17. The Bertz CT molecular complexity index is 664. The van der Waals surface area contributed by atoms with Crippen LogP contribution < -0.4 is 10.1 Å². The Hall–Kier alpha value is -2.74. The molecule has 0 spiro atoms. The van der Waals surface area contributed by atoms with Gasteiger partial charge in [-0.15, -0.1) is 0 Å². The minimum absolute atomic E-state index is 0.692. The van der Waals surface area contributed by atoms with E-state index in [1.165, 1.54) is 11.1 Å². The van der Waals surface area contributed by atoms with Crippen LogP contribution in [0.15, 0.2) is 84.9 Å². The average Bonchev–Trinajstić information content (AvgIpc) is 2.64. The van der Waals surface area contributed by atoms with E-state index >= 15 is 0 Å². The summed E-state index contributed by atoms with van der Waals surface area (Å²) in [7, 11) is 0. The standard InChI is InChI=1S/C22H23NO/c1-3-8-19(9-4-1)14-16-23-21-12-7-13-22(18-21)24-17-15-20-10-5-2-6-11-20/h1-13,18,23H,14-17H2. The van der Waals surface area contributed by atoms with Crippen molar-refractivity contribution in [2.45, 2.75) is 12.8 Å². The highest BCUT2D eigenvalue weighted by Gasteiger charge is 1.98. The molecule has 0 saturated heterocycles. The predicted octanol–water partition coefficient (Wildman–Crippen LogP) is 4.96. The second-order valence-corrected chi connectivity index (χ2v) is 5.77. The van der Waals surface area contributed by atoms with Gasteiger partial charge >= 0.3 is 0 Å². The Morgan fingerprint density at radius 2 is 1.33 bits per heavy atom. The summed E-state index contributed by atoms with van der Waals surface area (Å²) in [5.41, 5.74) is 3.75. The van der Waals surface area contributed by atoms with E-state index in [1.54, 1.807) is 0 Å². The van der Waals surface area contributed by atoms with Gasteiger partial charge in [0.25, 0.3) is 0 Å². The molecule has 0 saturated carbocycles. The maximum Gasteiger partial charge on any atom is 0.121 e. The van der Waals surface area contributed by atoms with Crippen LogP contribution in [-0.4, -0.2) is 13.2 Å². The fourth-order valence-corrected chi connectivity index (χ4v) is 2.62. The van der Waals surface area contributed by atoms with Crippen molar-refractivity contribution in [3.05, 3.63) is 96.1 Å². The van der Waals surface area contributed by atoms with Crippen LogP contribution in [0.4, 0.5) is 5.69 Å². The van der Waals surface area contributed by atoms with Gasteiger partial charge in [-0.2, -0.15) is 0 Å². The van der Waals surface area contributed by atoms with E-state index in [4.69, 9.17) is 4.74 Å². The fourth-order valence-electron chi connectivity index (χ4n) is 2.62. The van der Waals surface area contributed by atoms with Crippen LogP contribution in [0.1, 0.15) is 11.1 Å².